The van der Waals surface area contributed by atoms with Gasteiger partial charge in [-0.1, -0.05) is 32.9 Å². The maximum Gasteiger partial charge on any atom is 0.416 e. The van der Waals surface area contributed by atoms with Crippen LogP contribution in [0, 0.1) is 5.82 Å². The fraction of sp³-hybridized carbons (Fsp3) is 0.316. The molecule has 0 unspecified atom stereocenters. The van der Waals surface area contributed by atoms with Crippen molar-refractivity contribution >= 4 is 11.7 Å². The highest BCUT2D eigenvalue weighted by Gasteiger charge is 2.31. The van der Waals surface area contributed by atoms with E-state index in [2.05, 4.69) is 31.4 Å². The highest BCUT2D eigenvalue weighted by atomic mass is 19.4. The molecule has 0 saturated heterocycles. The predicted octanol–water partition coefficient (Wildman–Crippen LogP) is 5.46. The summed E-state index contributed by atoms with van der Waals surface area (Å²) in [5.41, 5.74) is 0.561. The molecule has 0 atom stereocenters. The van der Waals surface area contributed by atoms with E-state index in [4.69, 9.17) is 0 Å². The molecule has 2 aromatic carbocycles. The Bertz CT molecular complexity index is 778. The lowest BCUT2D eigenvalue weighted by Gasteiger charge is -2.19. The normalized spacial score (nSPS) is 12.0. The van der Waals surface area contributed by atoms with Gasteiger partial charge < -0.3 is 10.6 Å². The summed E-state index contributed by atoms with van der Waals surface area (Å²) >= 11 is 0. The molecular formula is C19H20F4N2O. The highest BCUT2D eigenvalue weighted by Crippen LogP contribution is 2.30. The molecule has 0 heterocycles. The molecule has 0 aliphatic carbocycles. The Morgan fingerprint density at radius 1 is 0.962 bits per heavy atom. The second kappa shape index (κ2) is 7.35. The molecule has 3 nitrogen and oxygen atoms in total. The Hall–Kier alpha value is -2.57. The smallest absolute Gasteiger partial charge is 0.334 e. The maximum atomic E-state index is 13.3. The molecule has 0 aromatic heterocycles. The van der Waals surface area contributed by atoms with Gasteiger partial charge in [0.2, 0.25) is 0 Å². The fourth-order valence-corrected chi connectivity index (χ4v) is 2.33. The second-order valence-corrected chi connectivity index (χ2v) is 6.98. The summed E-state index contributed by atoms with van der Waals surface area (Å²) in [6, 6.07) is 8.84. The van der Waals surface area contributed by atoms with Crippen LogP contribution in [0.3, 0.4) is 0 Å². The molecule has 2 N–H and O–H groups in total. The third kappa shape index (κ3) is 5.47. The van der Waals surface area contributed by atoms with Gasteiger partial charge in [0.05, 0.1) is 5.56 Å². The highest BCUT2D eigenvalue weighted by molar-refractivity contribution is 5.89. The van der Waals surface area contributed by atoms with Crippen molar-refractivity contribution in [2.45, 2.75) is 38.9 Å². The standard InChI is InChI=1S/C19H20F4N2O/c1-18(2,3)13-4-6-16(7-5-13)25-17(26)24-11-12-8-14(19(21,22)23)10-15(20)9-12/h4-10H,11H2,1-3H3,(H2,24,25,26). The van der Waals surface area contributed by atoms with E-state index in [1.807, 2.05) is 12.1 Å². The number of alkyl halides is 3. The van der Waals surface area contributed by atoms with Crippen LogP contribution in [0.15, 0.2) is 42.5 Å². The van der Waals surface area contributed by atoms with Gasteiger partial charge in [-0.05, 0) is 46.9 Å². The van der Waals surface area contributed by atoms with E-state index in [0.717, 1.165) is 17.7 Å². The third-order valence-corrected chi connectivity index (χ3v) is 3.75. The molecule has 2 amide bonds. The van der Waals surface area contributed by atoms with Crippen molar-refractivity contribution < 1.29 is 22.4 Å². The summed E-state index contributed by atoms with van der Waals surface area (Å²) in [5.74, 6) is -1.00. The van der Waals surface area contributed by atoms with E-state index < -0.39 is 23.6 Å². The Morgan fingerprint density at radius 3 is 2.12 bits per heavy atom. The molecule has 0 aliphatic rings. The Morgan fingerprint density at radius 2 is 1.58 bits per heavy atom. The van der Waals surface area contributed by atoms with Gasteiger partial charge >= 0.3 is 12.2 Å². The average Bonchev–Trinajstić information content (AvgIpc) is 2.51. The summed E-state index contributed by atoms with van der Waals surface area (Å²) in [6.45, 7) is 5.97. The molecule has 0 saturated carbocycles. The van der Waals surface area contributed by atoms with Crippen LogP contribution in [-0.2, 0) is 18.1 Å². The van der Waals surface area contributed by atoms with Crippen molar-refractivity contribution in [1.82, 2.24) is 5.32 Å². The lowest BCUT2D eigenvalue weighted by molar-refractivity contribution is -0.137. The number of anilines is 1. The minimum atomic E-state index is -4.64. The summed E-state index contributed by atoms with van der Waals surface area (Å²) in [7, 11) is 0. The van der Waals surface area contributed by atoms with E-state index in [1.54, 1.807) is 12.1 Å². The molecule has 140 valence electrons. The van der Waals surface area contributed by atoms with Crippen LogP contribution in [0.1, 0.15) is 37.5 Å². The van der Waals surface area contributed by atoms with E-state index in [1.165, 1.54) is 0 Å². The van der Waals surface area contributed by atoms with E-state index in [9.17, 15) is 22.4 Å². The molecule has 0 radical (unpaired) electrons. The number of carbonyl (C=O) groups excluding carboxylic acids is 1. The number of carbonyl (C=O) groups is 1. The van der Waals surface area contributed by atoms with E-state index in [0.29, 0.717) is 11.8 Å². The first-order valence-corrected chi connectivity index (χ1v) is 7.97. The van der Waals surface area contributed by atoms with Gasteiger partial charge in [-0.15, -0.1) is 0 Å². The first-order chi connectivity index (χ1) is 11.9. The minimum absolute atomic E-state index is 0.0195. The SMILES string of the molecule is CC(C)(C)c1ccc(NC(=O)NCc2cc(F)cc(C(F)(F)F)c2)cc1. The van der Waals surface area contributed by atoms with Gasteiger partial charge in [0, 0.05) is 12.2 Å². The Kier molecular flexibility index (Phi) is 5.59. The summed E-state index contributed by atoms with van der Waals surface area (Å²) < 4.78 is 51.4. The first kappa shape index (κ1) is 19.8. The molecular weight excluding hydrogens is 348 g/mol. The second-order valence-electron chi connectivity index (χ2n) is 6.98. The summed E-state index contributed by atoms with van der Waals surface area (Å²) in [5, 5.41) is 5.00. The van der Waals surface area contributed by atoms with Crippen molar-refractivity contribution in [3.05, 3.63) is 65.0 Å². The van der Waals surface area contributed by atoms with Crippen LogP contribution >= 0.6 is 0 Å². The topological polar surface area (TPSA) is 41.1 Å². The molecule has 7 heteroatoms. The molecule has 0 bridgehead atoms. The average molecular weight is 368 g/mol. The van der Waals surface area contributed by atoms with Crippen molar-refractivity contribution in [2.24, 2.45) is 0 Å². The van der Waals surface area contributed by atoms with Crippen molar-refractivity contribution in [3.63, 3.8) is 0 Å². The van der Waals surface area contributed by atoms with Crippen molar-refractivity contribution in [3.8, 4) is 0 Å². The van der Waals surface area contributed by atoms with Crippen molar-refractivity contribution in [1.29, 1.82) is 0 Å². The molecule has 0 spiro atoms. The van der Waals surface area contributed by atoms with Crippen LogP contribution < -0.4 is 10.6 Å². The number of hydrogen-bond acceptors (Lipinski definition) is 1. The number of amides is 2. The number of nitrogens with one attached hydrogen (secondary N) is 2. The van der Waals surface area contributed by atoms with Gasteiger partial charge in [-0.2, -0.15) is 13.2 Å². The van der Waals surface area contributed by atoms with Crippen LogP contribution in [0.2, 0.25) is 0 Å². The molecule has 0 aliphatic heterocycles. The first-order valence-electron chi connectivity index (χ1n) is 7.97. The lowest BCUT2D eigenvalue weighted by Crippen LogP contribution is -2.28. The van der Waals surface area contributed by atoms with Crippen LogP contribution in [0.5, 0.6) is 0 Å². The van der Waals surface area contributed by atoms with Gasteiger partial charge in [0.15, 0.2) is 0 Å². The third-order valence-electron chi connectivity index (χ3n) is 3.75. The Labute approximate surface area is 149 Å². The van der Waals surface area contributed by atoms with Gasteiger partial charge in [0.1, 0.15) is 5.82 Å². The number of rotatable bonds is 3. The van der Waals surface area contributed by atoms with Crippen LogP contribution in [0.25, 0.3) is 0 Å². The van der Waals surface area contributed by atoms with Crippen LogP contribution in [0.4, 0.5) is 28.0 Å². The Balaban J connectivity index is 1.98. The maximum absolute atomic E-state index is 13.3. The number of benzene rings is 2. The zero-order valence-corrected chi connectivity index (χ0v) is 14.7. The minimum Gasteiger partial charge on any atom is -0.334 e. The van der Waals surface area contributed by atoms with Crippen molar-refractivity contribution in [2.75, 3.05) is 5.32 Å². The fourth-order valence-electron chi connectivity index (χ4n) is 2.33. The molecule has 2 rings (SSSR count). The molecule has 0 fully saturated rings. The summed E-state index contributed by atoms with van der Waals surface area (Å²) in [6.07, 6.45) is -4.64. The van der Waals surface area contributed by atoms with E-state index in [-0.39, 0.29) is 17.5 Å². The van der Waals surface area contributed by atoms with Crippen LogP contribution in [-0.4, -0.2) is 6.03 Å². The quantitative estimate of drug-likeness (QED) is 0.694. The number of urea groups is 1. The lowest BCUT2D eigenvalue weighted by atomic mass is 9.87. The molecule has 2 aromatic rings. The van der Waals surface area contributed by atoms with E-state index >= 15 is 0 Å². The monoisotopic (exact) mass is 368 g/mol. The van der Waals surface area contributed by atoms with Gasteiger partial charge in [-0.25, -0.2) is 9.18 Å². The summed E-state index contributed by atoms with van der Waals surface area (Å²) in [4.78, 5) is 11.9. The van der Waals surface area contributed by atoms with Gasteiger partial charge in [-0.3, -0.25) is 0 Å². The number of halogens is 4. The number of hydrogen-bond donors (Lipinski definition) is 2. The molecule has 26 heavy (non-hydrogen) atoms. The van der Waals surface area contributed by atoms with Gasteiger partial charge in [0.25, 0.3) is 0 Å². The largest absolute Gasteiger partial charge is 0.416 e. The zero-order chi connectivity index (χ0) is 19.5. The predicted molar refractivity (Wildman–Crippen MR) is 92.4 cm³/mol. The zero-order valence-electron chi connectivity index (χ0n) is 14.7.